The van der Waals surface area contributed by atoms with Crippen molar-refractivity contribution in [2.75, 3.05) is 26.2 Å². The van der Waals surface area contributed by atoms with Crippen LogP contribution in [0.2, 0.25) is 0 Å². The Morgan fingerprint density at radius 3 is 2.83 bits per heavy atom. The van der Waals surface area contributed by atoms with Crippen molar-refractivity contribution in [2.24, 2.45) is 11.1 Å². The molecule has 18 heavy (non-hydrogen) atoms. The normalized spacial score (nSPS) is 26.9. The summed E-state index contributed by atoms with van der Waals surface area (Å²) in [4.78, 5) is 14.3. The molecule has 2 N–H and O–H groups in total. The average molecular weight is 254 g/mol. The maximum absolute atomic E-state index is 12.0. The van der Waals surface area contributed by atoms with E-state index < -0.39 is 0 Å². The van der Waals surface area contributed by atoms with Gasteiger partial charge in [-0.2, -0.15) is 0 Å². The third-order valence-corrected chi connectivity index (χ3v) is 4.34. The van der Waals surface area contributed by atoms with Gasteiger partial charge in [-0.05, 0) is 57.5 Å². The summed E-state index contributed by atoms with van der Waals surface area (Å²) >= 11 is 0. The van der Waals surface area contributed by atoms with Crippen LogP contribution in [0.25, 0.3) is 0 Å². The van der Waals surface area contributed by atoms with Crippen molar-refractivity contribution >= 4 is 5.97 Å². The number of nitrogens with zero attached hydrogens (tertiary/aromatic N) is 1. The average Bonchev–Trinajstić information content (AvgIpc) is 3.10. The lowest BCUT2D eigenvalue weighted by Crippen LogP contribution is -2.48. The van der Waals surface area contributed by atoms with Gasteiger partial charge in [0, 0.05) is 6.54 Å². The van der Waals surface area contributed by atoms with Crippen LogP contribution < -0.4 is 5.73 Å². The van der Waals surface area contributed by atoms with Crippen LogP contribution in [0.15, 0.2) is 0 Å². The highest BCUT2D eigenvalue weighted by Crippen LogP contribution is 2.49. The largest absolute Gasteiger partial charge is 0.465 e. The first-order valence-electron chi connectivity index (χ1n) is 7.31. The zero-order chi connectivity index (χ0) is 13.0. The van der Waals surface area contributed by atoms with Crippen molar-refractivity contribution in [1.29, 1.82) is 0 Å². The van der Waals surface area contributed by atoms with Crippen LogP contribution in [-0.2, 0) is 9.53 Å². The fourth-order valence-corrected chi connectivity index (χ4v) is 3.09. The first-order chi connectivity index (χ1) is 8.71. The second-order valence-corrected chi connectivity index (χ2v) is 5.77. The van der Waals surface area contributed by atoms with E-state index in [0.29, 0.717) is 12.0 Å². The number of likely N-dealkylation sites (tertiary alicyclic amines) is 1. The molecule has 2 rings (SSSR count). The Hall–Kier alpha value is -0.610. The standard InChI is InChI=1S/C14H26N2O2/c1-2-18-13(17)12-5-3-4-10-16(12)11-14(6-7-14)8-9-15/h12H,2-11,15H2,1H3. The Balaban J connectivity index is 1.93. The molecule has 1 atom stereocenters. The first-order valence-corrected chi connectivity index (χ1v) is 7.31. The Morgan fingerprint density at radius 1 is 1.44 bits per heavy atom. The molecular weight excluding hydrogens is 228 g/mol. The summed E-state index contributed by atoms with van der Waals surface area (Å²) in [6.07, 6.45) is 6.95. The molecule has 4 nitrogen and oxygen atoms in total. The molecule has 0 bridgehead atoms. The van der Waals surface area contributed by atoms with Crippen LogP contribution in [0, 0.1) is 5.41 Å². The maximum Gasteiger partial charge on any atom is 0.323 e. The Kier molecular flexibility index (Phi) is 4.62. The maximum atomic E-state index is 12.0. The van der Waals surface area contributed by atoms with E-state index in [0.717, 1.165) is 38.9 Å². The minimum Gasteiger partial charge on any atom is -0.465 e. The number of carbonyl (C=O) groups excluding carboxylic acids is 1. The summed E-state index contributed by atoms with van der Waals surface area (Å²) in [5, 5.41) is 0. The monoisotopic (exact) mass is 254 g/mol. The molecule has 2 aliphatic rings. The number of ether oxygens (including phenoxy) is 1. The first kappa shape index (κ1) is 13.8. The van der Waals surface area contributed by atoms with E-state index in [1.165, 1.54) is 19.3 Å². The Bertz CT molecular complexity index is 290. The fraction of sp³-hybridized carbons (Fsp3) is 0.929. The quantitative estimate of drug-likeness (QED) is 0.730. The zero-order valence-electron chi connectivity index (χ0n) is 11.5. The number of esters is 1. The van der Waals surface area contributed by atoms with Gasteiger partial charge in [0.2, 0.25) is 0 Å². The molecule has 1 unspecified atom stereocenters. The van der Waals surface area contributed by atoms with Crippen LogP contribution >= 0.6 is 0 Å². The van der Waals surface area contributed by atoms with Gasteiger partial charge in [-0.1, -0.05) is 6.42 Å². The molecule has 2 fully saturated rings. The van der Waals surface area contributed by atoms with E-state index in [9.17, 15) is 4.79 Å². The van der Waals surface area contributed by atoms with Crippen molar-refractivity contribution in [3.05, 3.63) is 0 Å². The second kappa shape index (κ2) is 6.02. The third kappa shape index (κ3) is 3.23. The number of piperidine rings is 1. The number of hydrogen-bond donors (Lipinski definition) is 1. The van der Waals surface area contributed by atoms with Crippen LogP contribution in [-0.4, -0.2) is 43.2 Å². The topological polar surface area (TPSA) is 55.6 Å². The van der Waals surface area contributed by atoms with Gasteiger partial charge in [0.15, 0.2) is 0 Å². The Labute approximate surface area is 110 Å². The smallest absolute Gasteiger partial charge is 0.323 e. The molecule has 0 aromatic rings. The SMILES string of the molecule is CCOC(=O)C1CCCCN1CC1(CCN)CC1. The number of nitrogens with two attached hydrogens (primary N) is 1. The Morgan fingerprint density at radius 2 is 2.22 bits per heavy atom. The van der Waals surface area contributed by atoms with Crippen molar-refractivity contribution in [1.82, 2.24) is 4.90 Å². The highest BCUT2D eigenvalue weighted by atomic mass is 16.5. The molecule has 1 aliphatic heterocycles. The van der Waals surface area contributed by atoms with E-state index in [1.807, 2.05) is 6.92 Å². The molecule has 1 saturated heterocycles. The molecule has 1 aliphatic carbocycles. The van der Waals surface area contributed by atoms with E-state index in [4.69, 9.17) is 10.5 Å². The van der Waals surface area contributed by atoms with Gasteiger partial charge in [-0.25, -0.2) is 0 Å². The van der Waals surface area contributed by atoms with Gasteiger partial charge in [-0.3, -0.25) is 9.69 Å². The van der Waals surface area contributed by atoms with Gasteiger partial charge < -0.3 is 10.5 Å². The van der Waals surface area contributed by atoms with Crippen LogP contribution in [0.5, 0.6) is 0 Å². The molecule has 0 radical (unpaired) electrons. The summed E-state index contributed by atoms with van der Waals surface area (Å²) in [5.41, 5.74) is 6.11. The predicted molar refractivity (Wildman–Crippen MR) is 71.2 cm³/mol. The number of hydrogen-bond acceptors (Lipinski definition) is 4. The number of carbonyl (C=O) groups is 1. The molecule has 104 valence electrons. The van der Waals surface area contributed by atoms with Crippen LogP contribution in [0.1, 0.15) is 45.4 Å². The lowest BCUT2D eigenvalue weighted by atomic mass is 9.96. The molecule has 0 amide bonds. The lowest BCUT2D eigenvalue weighted by molar-refractivity contribution is -0.151. The molecule has 0 aromatic carbocycles. The van der Waals surface area contributed by atoms with Crippen molar-refractivity contribution in [3.8, 4) is 0 Å². The van der Waals surface area contributed by atoms with Gasteiger partial charge in [-0.15, -0.1) is 0 Å². The minimum absolute atomic E-state index is 0.00560. The molecule has 1 heterocycles. The highest BCUT2D eigenvalue weighted by Gasteiger charge is 2.45. The third-order valence-electron chi connectivity index (χ3n) is 4.34. The van der Waals surface area contributed by atoms with Gasteiger partial charge >= 0.3 is 5.97 Å². The lowest BCUT2D eigenvalue weighted by Gasteiger charge is -2.36. The zero-order valence-corrected chi connectivity index (χ0v) is 11.5. The summed E-state index contributed by atoms with van der Waals surface area (Å²) in [6.45, 7) is 5.19. The summed E-state index contributed by atoms with van der Waals surface area (Å²) in [7, 11) is 0. The molecular formula is C14H26N2O2. The predicted octanol–water partition coefficient (Wildman–Crippen LogP) is 1.53. The van der Waals surface area contributed by atoms with Crippen molar-refractivity contribution in [3.63, 3.8) is 0 Å². The van der Waals surface area contributed by atoms with Gasteiger partial charge in [0.1, 0.15) is 6.04 Å². The summed E-state index contributed by atoms with van der Waals surface area (Å²) < 4.78 is 5.20. The molecule has 0 spiro atoms. The summed E-state index contributed by atoms with van der Waals surface area (Å²) in [5.74, 6) is -0.0271. The molecule has 0 aromatic heterocycles. The van der Waals surface area contributed by atoms with Crippen LogP contribution in [0.3, 0.4) is 0 Å². The van der Waals surface area contributed by atoms with E-state index in [2.05, 4.69) is 4.90 Å². The van der Waals surface area contributed by atoms with E-state index in [-0.39, 0.29) is 12.0 Å². The molecule has 1 saturated carbocycles. The number of rotatable bonds is 6. The van der Waals surface area contributed by atoms with E-state index in [1.54, 1.807) is 0 Å². The van der Waals surface area contributed by atoms with Gasteiger partial charge in [0.25, 0.3) is 0 Å². The van der Waals surface area contributed by atoms with Crippen LogP contribution in [0.4, 0.5) is 0 Å². The molecule has 4 heteroatoms. The second-order valence-electron chi connectivity index (χ2n) is 5.77. The van der Waals surface area contributed by atoms with E-state index >= 15 is 0 Å². The fourth-order valence-electron chi connectivity index (χ4n) is 3.09. The summed E-state index contributed by atoms with van der Waals surface area (Å²) in [6, 6.07) is -0.00560. The van der Waals surface area contributed by atoms with Crippen molar-refractivity contribution in [2.45, 2.75) is 51.5 Å². The highest BCUT2D eigenvalue weighted by molar-refractivity contribution is 5.75. The minimum atomic E-state index is -0.0271. The van der Waals surface area contributed by atoms with Crippen molar-refractivity contribution < 1.29 is 9.53 Å². The van der Waals surface area contributed by atoms with Gasteiger partial charge in [0.05, 0.1) is 6.61 Å².